The number of sulfone groups is 1. The van der Waals surface area contributed by atoms with Gasteiger partial charge in [0, 0.05) is 12.6 Å². The van der Waals surface area contributed by atoms with Gasteiger partial charge < -0.3 is 10.2 Å². The Morgan fingerprint density at radius 3 is 2.83 bits per heavy atom. The molecule has 1 aromatic carbocycles. The number of fused-ring (bicyclic) bond motifs is 1. The first kappa shape index (κ1) is 16.3. The van der Waals surface area contributed by atoms with Crippen LogP contribution < -0.4 is 5.32 Å². The molecule has 6 heteroatoms. The number of rotatable bonds is 1. The Labute approximate surface area is 138 Å². The second-order valence-electron chi connectivity index (χ2n) is 6.60. The van der Waals surface area contributed by atoms with Gasteiger partial charge in [-0.2, -0.15) is 0 Å². The molecular formula is C17H24N2O3S. The Hall–Kier alpha value is -1.56. The van der Waals surface area contributed by atoms with Crippen molar-refractivity contribution in [2.45, 2.75) is 44.7 Å². The summed E-state index contributed by atoms with van der Waals surface area (Å²) in [5.74, 6) is 0.119. The lowest BCUT2D eigenvalue weighted by molar-refractivity contribution is 0.180. The van der Waals surface area contributed by atoms with Crippen LogP contribution >= 0.6 is 0 Å². The zero-order valence-electron chi connectivity index (χ0n) is 13.5. The quantitative estimate of drug-likeness (QED) is 0.800. The highest BCUT2D eigenvalue weighted by Gasteiger charge is 2.32. The van der Waals surface area contributed by atoms with Crippen LogP contribution in [0.5, 0.6) is 0 Å². The van der Waals surface area contributed by atoms with Crippen molar-refractivity contribution in [2.75, 3.05) is 18.1 Å². The molecule has 0 spiro atoms. The summed E-state index contributed by atoms with van der Waals surface area (Å²) in [4.78, 5) is 14.3. The number of aryl methyl sites for hydroxylation is 1. The zero-order valence-corrected chi connectivity index (χ0v) is 14.3. The summed E-state index contributed by atoms with van der Waals surface area (Å²) >= 11 is 0. The standard InChI is InChI=1S/C17H24N2O3S/c1-13-12-23(21,22)11-10-19(13)17(20)18-16-9-5-3-7-14-6-2-4-8-15(14)16/h2,4,6,8,13,16H,3,5,7,9-12H2,1H3,(H,18,20)/t13-,16-/m0/s1. The van der Waals surface area contributed by atoms with Crippen LogP contribution in [-0.2, 0) is 16.3 Å². The van der Waals surface area contributed by atoms with E-state index in [0.29, 0.717) is 0 Å². The molecule has 1 saturated heterocycles. The van der Waals surface area contributed by atoms with Crippen molar-refractivity contribution in [3.63, 3.8) is 0 Å². The lowest BCUT2D eigenvalue weighted by atomic mass is 9.99. The van der Waals surface area contributed by atoms with Gasteiger partial charge in [0.15, 0.2) is 9.84 Å². The molecule has 1 heterocycles. The van der Waals surface area contributed by atoms with Crippen LogP contribution in [-0.4, -0.2) is 43.4 Å². The second-order valence-corrected chi connectivity index (χ2v) is 8.83. The fourth-order valence-electron chi connectivity index (χ4n) is 3.60. The number of carbonyl (C=O) groups is 1. The van der Waals surface area contributed by atoms with E-state index in [1.807, 2.05) is 12.1 Å². The third kappa shape index (κ3) is 3.68. The van der Waals surface area contributed by atoms with Gasteiger partial charge in [0.2, 0.25) is 0 Å². The van der Waals surface area contributed by atoms with E-state index in [4.69, 9.17) is 0 Å². The maximum absolute atomic E-state index is 12.6. The molecule has 3 rings (SSSR count). The predicted octanol–water partition coefficient (Wildman–Crippen LogP) is 2.28. The Morgan fingerprint density at radius 1 is 1.26 bits per heavy atom. The van der Waals surface area contributed by atoms with E-state index >= 15 is 0 Å². The van der Waals surface area contributed by atoms with E-state index in [1.165, 1.54) is 11.1 Å². The number of carbonyl (C=O) groups excluding carboxylic acids is 1. The number of hydrogen-bond donors (Lipinski definition) is 1. The summed E-state index contributed by atoms with van der Waals surface area (Å²) in [6, 6.07) is 7.89. The first-order valence-electron chi connectivity index (χ1n) is 8.31. The van der Waals surface area contributed by atoms with Crippen molar-refractivity contribution >= 4 is 15.9 Å². The van der Waals surface area contributed by atoms with E-state index in [-0.39, 0.29) is 36.2 Å². The van der Waals surface area contributed by atoms with E-state index < -0.39 is 9.84 Å². The zero-order chi connectivity index (χ0) is 16.4. The smallest absolute Gasteiger partial charge is 0.318 e. The summed E-state index contributed by atoms with van der Waals surface area (Å²) in [7, 11) is -3.01. The Morgan fingerprint density at radius 2 is 2.04 bits per heavy atom. The molecule has 1 fully saturated rings. The summed E-state index contributed by atoms with van der Waals surface area (Å²) in [6.07, 6.45) is 4.22. The number of hydrogen-bond acceptors (Lipinski definition) is 3. The fraction of sp³-hybridized carbons (Fsp3) is 0.588. The van der Waals surface area contributed by atoms with Crippen LogP contribution in [0.3, 0.4) is 0 Å². The van der Waals surface area contributed by atoms with Gasteiger partial charge in [-0.1, -0.05) is 30.7 Å². The number of amides is 2. The molecule has 126 valence electrons. The van der Waals surface area contributed by atoms with Crippen molar-refractivity contribution in [1.29, 1.82) is 0 Å². The highest BCUT2D eigenvalue weighted by atomic mass is 32.2. The highest BCUT2D eigenvalue weighted by Crippen LogP contribution is 2.28. The third-order valence-corrected chi connectivity index (χ3v) is 6.64. The molecule has 0 radical (unpaired) electrons. The lowest BCUT2D eigenvalue weighted by Gasteiger charge is -2.34. The molecule has 2 amide bonds. The highest BCUT2D eigenvalue weighted by molar-refractivity contribution is 7.91. The van der Waals surface area contributed by atoms with Gasteiger partial charge in [0.05, 0.1) is 17.5 Å². The molecule has 0 aromatic heterocycles. The fourth-order valence-corrected chi connectivity index (χ4v) is 5.16. The van der Waals surface area contributed by atoms with Crippen molar-refractivity contribution < 1.29 is 13.2 Å². The second kappa shape index (κ2) is 6.51. The minimum atomic E-state index is -3.01. The molecule has 0 saturated carbocycles. The van der Waals surface area contributed by atoms with Crippen LogP contribution in [0.15, 0.2) is 24.3 Å². The monoisotopic (exact) mass is 336 g/mol. The molecule has 0 bridgehead atoms. The molecule has 1 N–H and O–H groups in total. The van der Waals surface area contributed by atoms with E-state index in [9.17, 15) is 13.2 Å². The Balaban J connectivity index is 1.73. The molecule has 2 atom stereocenters. The van der Waals surface area contributed by atoms with Gasteiger partial charge in [-0.15, -0.1) is 0 Å². The van der Waals surface area contributed by atoms with Crippen LogP contribution in [0.25, 0.3) is 0 Å². The first-order valence-corrected chi connectivity index (χ1v) is 10.1. The first-order chi connectivity index (χ1) is 11.0. The van der Waals surface area contributed by atoms with Crippen molar-refractivity contribution in [3.05, 3.63) is 35.4 Å². The van der Waals surface area contributed by atoms with Crippen molar-refractivity contribution in [1.82, 2.24) is 10.2 Å². The van der Waals surface area contributed by atoms with Gasteiger partial charge in [-0.3, -0.25) is 0 Å². The van der Waals surface area contributed by atoms with Gasteiger partial charge in [0.25, 0.3) is 0 Å². The number of nitrogens with one attached hydrogen (secondary N) is 1. The minimum absolute atomic E-state index is 0.0203. The molecule has 1 aliphatic carbocycles. The van der Waals surface area contributed by atoms with Gasteiger partial charge in [-0.25, -0.2) is 13.2 Å². The van der Waals surface area contributed by atoms with E-state index in [2.05, 4.69) is 17.4 Å². The summed E-state index contributed by atoms with van der Waals surface area (Å²) in [5, 5.41) is 3.13. The predicted molar refractivity (Wildman–Crippen MR) is 90.1 cm³/mol. The number of urea groups is 1. The minimum Gasteiger partial charge on any atom is -0.331 e. The van der Waals surface area contributed by atoms with Gasteiger partial charge in [-0.05, 0) is 37.3 Å². The largest absolute Gasteiger partial charge is 0.331 e. The lowest BCUT2D eigenvalue weighted by Crippen LogP contribution is -2.53. The van der Waals surface area contributed by atoms with Gasteiger partial charge >= 0.3 is 6.03 Å². The Bertz CT molecular complexity index is 687. The van der Waals surface area contributed by atoms with Crippen LogP contribution in [0.2, 0.25) is 0 Å². The normalized spacial score (nSPS) is 26.9. The Kier molecular flexibility index (Phi) is 4.62. The average Bonchev–Trinajstić information content (AvgIpc) is 2.69. The van der Waals surface area contributed by atoms with Crippen LogP contribution in [0.4, 0.5) is 4.79 Å². The van der Waals surface area contributed by atoms with E-state index in [1.54, 1.807) is 11.8 Å². The molecule has 2 aliphatic rings. The molecule has 0 unspecified atom stereocenters. The third-order valence-electron chi connectivity index (χ3n) is 4.85. The molecular weight excluding hydrogens is 312 g/mol. The molecule has 1 aliphatic heterocycles. The summed E-state index contributed by atoms with van der Waals surface area (Å²) in [5.41, 5.74) is 2.51. The van der Waals surface area contributed by atoms with E-state index in [0.717, 1.165) is 25.7 Å². The SMILES string of the molecule is C[C@H]1CS(=O)(=O)CCN1C(=O)N[C@H]1CCCCc2ccccc21. The summed E-state index contributed by atoms with van der Waals surface area (Å²) < 4.78 is 23.3. The molecule has 1 aromatic rings. The molecule has 5 nitrogen and oxygen atoms in total. The maximum atomic E-state index is 12.6. The topological polar surface area (TPSA) is 66.5 Å². The van der Waals surface area contributed by atoms with Crippen molar-refractivity contribution in [3.8, 4) is 0 Å². The summed E-state index contributed by atoms with van der Waals surface area (Å²) in [6.45, 7) is 2.08. The number of nitrogens with zero attached hydrogens (tertiary/aromatic N) is 1. The molecule has 23 heavy (non-hydrogen) atoms. The van der Waals surface area contributed by atoms with Crippen LogP contribution in [0, 0.1) is 0 Å². The van der Waals surface area contributed by atoms with Crippen molar-refractivity contribution in [2.24, 2.45) is 0 Å². The average molecular weight is 336 g/mol. The van der Waals surface area contributed by atoms with Gasteiger partial charge in [0.1, 0.15) is 0 Å². The van der Waals surface area contributed by atoms with Crippen LogP contribution in [0.1, 0.15) is 43.4 Å². The number of benzene rings is 1. The maximum Gasteiger partial charge on any atom is 0.318 e.